The van der Waals surface area contributed by atoms with Gasteiger partial charge in [-0.3, -0.25) is 0 Å². The molecule has 2 rings (SSSR count). The number of para-hydroxylation sites is 1. The number of hydrogen-bond donors (Lipinski definition) is 1. The van der Waals surface area contributed by atoms with E-state index in [1.54, 1.807) is 0 Å². The van der Waals surface area contributed by atoms with Gasteiger partial charge in [-0.2, -0.15) is 0 Å². The Morgan fingerprint density at radius 3 is 2.33 bits per heavy atom. The van der Waals surface area contributed by atoms with E-state index in [1.165, 1.54) is 51.4 Å². The van der Waals surface area contributed by atoms with Gasteiger partial charge in [-0.1, -0.05) is 76.5 Å². The van der Waals surface area contributed by atoms with E-state index in [2.05, 4.69) is 19.1 Å². The first-order valence-electron chi connectivity index (χ1n) is 8.55. The summed E-state index contributed by atoms with van der Waals surface area (Å²) in [5.74, 6) is 0.930. The fraction of sp³-hybridized carbons (Fsp3) is 0.579. The summed E-state index contributed by atoms with van der Waals surface area (Å²) in [5, 5.41) is 1.15. The van der Waals surface area contributed by atoms with Crippen LogP contribution in [0.1, 0.15) is 76.5 Å². The number of unbranched alkanes of at least 4 members (excludes halogenated alkanes) is 7. The van der Waals surface area contributed by atoms with Crippen LogP contribution < -0.4 is 5.73 Å². The van der Waals surface area contributed by atoms with Gasteiger partial charge in [-0.25, -0.2) is 0 Å². The van der Waals surface area contributed by atoms with Gasteiger partial charge in [0.15, 0.2) is 0 Å². The highest BCUT2D eigenvalue weighted by atomic mass is 16.3. The summed E-state index contributed by atoms with van der Waals surface area (Å²) < 4.78 is 5.83. The minimum absolute atomic E-state index is 0.0393. The van der Waals surface area contributed by atoms with Crippen LogP contribution in [-0.4, -0.2) is 0 Å². The molecule has 0 bridgehead atoms. The molecule has 0 spiro atoms. The minimum atomic E-state index is 0.0393. The standard InChI is InChI=1S/C19H29NO/c1-2-3-4-5-6-7-8-9-13-17(20)19-15-16-12-10-11-14-18(16)21-19/h10-12,14-15,17H,2-9,13,20H2,1H3. The predicted molar refractivity (Wildman–Crippen MR) is 90.4 cm³/mol. The van der Waals surface area contributed by atoms with E-state index >= 15 is 0 Å². The largest absolute Gasteiger partial charge is 0.459 e. The van der Waals surface area contributed by atoms with Gasteiger partial charge < -0.3 is 10.2 Å². The quantitative estimate of drug-likeness (QED) is 0.547. The van der Waals surface area contributed by atoms with Crippen LogP contribution in [0, 0.1) is 0 Å². The third kappa shape index (κ3) is 5.20. The van der Waals surface area contributed by atoms with Crippen LogP contribution in [0.15, 0.2) is 34.7 Å². The number of furan rings is 1. The number of rotatable bonds is 10. The Labute approximate surface area is 128 Å². The molecule has 2 aromatic rings. The molecule has 21 heavy (non-hydrogen) atoms. The minimum Gasteiger partial charge on any atom is -0.459 e. The van der Waals surface area contributed by atoms with Crippen LogP contribution in [0.2, 0.25) is 0 Å². The second kappa shape index (κ2) is 8.89. The van der Waals surface area contributed by atoms with Crippen LogP contribution in [0.5, 0.6) is 0 Å². The summed E-state index contributed by atoms with van der Waals surface area (Å²) in [6.45, 7) is 2.26. The molecule has 1 heterocycles. The molecular weight excluding hydrogens is 258 g/mol. The van der Waals surface area contributed by atoms with Gasteiger partial charge in [-0.05, 0) is 18.6 Å². The van der Waals surface area contributed by atoms with E-state index in [0.717, 1.165) is 23.2 Å². The SMILES string of the molecule is CCCCCCCCCCC(N)c1cc2ccccc2o1. The van der Waals surface area contributed by atoms with Crippen molar-refractivity contribution < 1.29 is 4.42 Å². The van der Waals surface area contributed by atoms with Crippen molar-refractivity contribution in [2.45, 2.75) is 70.8 Å². The smallest absolute Gasteiger partial charge is 0.134 e. The van der Waals surface area contributed by atoms with Crippen molar-refractivity contribution in [2.75, 3.05) is 0 Å². The van der Waals surface area contributed by atoms with Crippen LogP contribution in [-0.2, 0) is 0 Å². The second-order valence-electron chi connectivity index (χ2n) is 6.06. The molecule has 0 saturated heterocycles. The molecule has 2 nitrogen and oxygen atoms in total. The summed E-state index contributed by atoms with van der Waals surface area (Å²) in [6, 6.07) is 10.2. The molecule has 0 aliphatic carbocycles. The molecule has 0 radical (unpaired) electrons. The van der Waals surface area contributed by atoms with Crippen molar-refractivity contribution in [1.82, 2.24) is 0 Å². The number of benzene rings is 1. The maximum atomic E-state index is 6.25. The van der Waals surface area contributed by atoms with Crippen LogP contribution >= 0.6 is 0 Å². The molecule has 0 fully saturated rings. The maximum absolute atomic E-state index is 6.25. The lowest BCUT2D eigenvalue weighted by Crippen LogP contribution is -2.08. The van der Waals surface area contributed by atoms with E-state index in [9.17, 15) is 0 Å². The van der Waals surface area contributed by atoms with Crippen molar-refractivity contribution >= 4 is 11.0 Å². The zero-order chi connectivity index (χ0) is 14.9. The van der Waals surface area contributed by atoms with E-state index < -0.39 is 0 Å². The van der Waals surface area contributed by atoms with E-state index in [-0.39, 0.29) is 6.04 Å². The summed E-state index contributed by atoms with van der Waals surface area (Å²) in [7, 11) is 0. The summed E-state index contributed by atoms with van der Waals surface area (Å²) in [6.07, 6.45) is 11.7. The average Bonchev–Trinajstić information content (AvgIpc) is 2.94. The highest BCUT2D eigenvalue weighted by molar-refractivity contribution is 5.77. The lowest BCUT2D eigenvalue weighted by molar-refractivity contribution is 0.458. The first kappa shape index (κ1) is 16.1. The number of nitrogens with two attached hydrogens (primary N) is 1. The number of hydrogen-bond acceptors (Lipinski definition) is 2. The highest BCUT2D eigenvalue weighted by Crippen LogP contribution is 2.25. The first-order chi connectivity index (χ1) is 10.3. The fourth-order valence-electron chi connectivity index (χ4n) is 2.83. The molecule has 116 valence electrons. The maximum Gasteiger partial charge on any atom is 0.134 e. The molecular formula is C19H29NO. The van der Waals surface area contributed by atoms with Crippen molar-refractivity contribution in [3.05, 3.63) is 36.1 Å². The van der Waals surface area contributed by atoms with Gasteiger partial charge in [0.05, 0.1) is 6.04 Å². The van der Waals surface area contributed by atoms with Gasteiger partial charge in [0, 0.05) is 5.39 Å². The third-order valence-corrected chi connectivity index (χ3v) is 4.18. The van der Waals surface area contributed by atoms with Gasteiger partial charge in [-0.15, -0.1) is 0 Å². The Hall–Kier alpha value is -1.28. The highest BCUT2D eigenvalue weighted by Gasteiger charge is 2.11. The van der Waals surface area contributed by atoms with Crippen LogP contribution in [0.3, 0.4) is 0 Å². The second-order valence-corrected chi connectivity index (χ2v) is 6.06. The number of fused-ring (bicyclic) bond motifs is 1. The summed E-state index contributed by atoms with van der Waals surface area (Å²) >= 11 is 0. The Kier molecular flexibility index (Phi) is 6.81. The summed E-state index contributed by atoms with van der Waals surface area (Å²) in [5.41, 5.74) is 7.19. The Bertz CT molecular complexity index is 484. The van der Waals surface area contributed by atoms with Gasteiger partial charge >= 0.3 is 0 Å². The molecule has 1 atom stereocenters. The van der Waals surface area contributed by atoms with Gasteiger partial charge in [0.2, 0.25) is 0 Å². The molecule has 2 N–H and O–H groups in total. The molecule has 0 aliphatic rings. The van der Waals surface area contributed by atoms with Crippen molar-refractivity contribution in [1.29, 1.82) is 0 Å². The molecule has 2 heteroatoms. The van der Waals surface area contributed by atoms with E-state index in [4.69, 9.17) is 10.2 Å². The molecule has 1 aromatic heterocycles. The van der Waals surface area contributed by atoms with Gasteiger partial charge in [0.1, 0.15) is 11.3 Å². The monoisotopic (exact) mass is 287 g/mol. The van der Waals surface area contributed by atoms with Crippen LogP contribution in [0.4, 0.5) is 0 Å². The Balaban J connectivity index is 1.64. The van der Waals surface area contributed by atoms with Crippen molar-refractivity contribution in [3.8, 4) is 0 Å². The average molecular weight is 287 g/mol. The fourth-order valence-corrected chi connectivity index (χ4v) is 2.83. The molecule has 1 aromatic carbocycles. The Morgan fingerprint density at radius 2 is 1.62 bits per heavy atom. The normalized spacial score (nSPS) is 12.9. The van der Waals surface area contributed by atoms with Gasteiger partial charge in [0.25, 0.3) is 0 Å². The topological polar surface area (TPSA) is 39.2 Å². The zero-order valence-corrected chi connectivity index (χ0v) is 13.3. The first-order valence-corrected chi connectivity index (χ1v) is 8.55. The van der Waals surface area contributed by atoms with Crippen molar-refractivity contribution in [2.24, 2.45) is 5.73 Å². The van der Waals surface area contributed by atoms with E-state index in [0.29, 0.717) is 0 Å². The lowest BCUT2D eigenvalue weighted by atomic mass is 10.0. The molecule has 1 unspecified atom stereocenters. The van der Waals surface area contributed by atoms with Crippen molar-refractivity contribution in [3.63, 3.8) is 0 Å². The lowest BCUT2D eigenvalue weighted by Gasteiger charge is -2.08. The molecule has 0 aliphatic heterocycles. The van der Waals surface area contributed by atoms with Crippen LogP contribution in [0.25, 0.3) is 11.0 Å². The predicted octanol–water partition coefficient (Wildman–Crippen LogP) is 5.96. The van der Waals surface area contributed by atoms with E-state index in [1.807, 2.05) is 18.2 Å². The zero-order valence-electron chi connectivity index (χ0n) is 13.3. The summed E-state index contributed by atoms with van der Waals surface area (Å²) in [4.78, 5) is 0. The molecule has 0 saturated carbocycles. The Morgan fingerprint density at radius 1 is 0.952 bits per heavy atom. The molecule has 0 amide bonds. The third-order valence-electron chi connectivity index (χ3n) is 4.18.